The Morgan fingerprint density at radius 3 is 2.48 bits per heavy atom. The van der Waals surface area contributed by atoms with E-state index in [1.165, 1.54) is 19.1 Å². The molecule has 0 spiro atoms. The first kappa shape index (κ1) is 15.0. The number of aryl methyl sites for hydroxylation is 1. The van der Waals surface area contributed by atoms with Crippen molar-refractivity contribution in [3.8, 4) is 11.3 Å². The lowest BCUT2D eigenvalue weighted by Gasteiger charge is -2.08. The van der Waals surface area contributed by atoms with E-state index < -0.39 is 0 Å². The van der Waals surface area contributed by atoms with Crippen LogP contribution in [-0.4, -0.2) is 20.9 Å². The van der Waals surface area contributed by atoms with Gasteiger partial charge in [-0.15, -0.1) is 0 Å². The van der Waals surface area contributed by atoms with Gasteiger partial charge in [-0.1, -0.05) is 6.92 Å². The van der Waals surface area contributed by atoms with Gasteiger partial charge >= 0.3 is 0 Å². The fraction of sp³-hybridized carbons (Fsp3) is 0.176. The third-order valence-electron chi connectivity index (χ3n) is 3.38. The van der Waals surface area contributed by atoms with Crippen LogP contribution >= 0.6 is 0 Å². The quantitative estimate of drug-likeness (QED) is 0.805. The molecule has 0 radical (unpaired) electrons. The third kappa shape index (κ3) is 3.15. The summed E-state index contributed by atoms with van der Waals surface area (Å²) >= 11 is 0. The average Bonchev–Trinajstić information content (AvgIpc) is 2.54. The van der Waals surface area contributed by atoms with E-state index in [4.69, 9.17) is 0 Å². The SMILES string of the molecule is CCc1nc(NC(C)=O)nc2ccc(-c3ccc(F)cc3)nc12. The predicted octanol–water partition coefficient (Wildman–Crippen LogP) is 3.35. The van der Waals surface area contributed by atoms with Crippen molar-refractivity contribution in [1.29, 1.82) is 0 Å². The highest BCUT2D eigenvalue weighted by molar-refractivity contribution is 5.88. The number of anilines is 1. The normalized spacial score (nSPS) is 10.7. The van der Waals surface area contributed by atoms with Crippen LogP contribution < -0.4 is 5.32 Å². The Hall–Kier alpha value is -2.89. The summed E-state index contributed by atoms with van der Waals surface area (Å²) in [6.45, 7) is 3.38. The molecule has 2 aromatic heterocycles. The Morgan fingerprint density at radius 1 is 1.09 bits per heavy atom. The van der Waals surface area contributed by atoms with E-state index in [1.807, 2.05) is 19.1 Å². The Kier molecular flexibility index (Phi) is 3.97. The molecule has 0 unspecified atom stereocenters. The zero-order chi connectivity index (χ0) is 16.4. The Bertz CT molecular complexity index is 878. The van der Waals surface area contributed by atoms with Crippen LogP contribution in [0.3, 0.4) is 0 Å². The molecule has 1 aromatic carbocycles. The topological polar surface area (TPSA) is 67.8 Å². The second-order valence-electron chi connectivity index (χ2n) is 5.10. The Morgan fingerprint density at radius 2 is 1.83 bits per heavy atom. The molecule has 23 heavy (non-hydrogen) atoms. The highest BCUT2D eigenvalue weighted by Gasteiger charge is 2.10. The molecule has 0 aliphatic heterocycles. The van der Waals surface area contributed by atoms with Crippen LogP contribution in [0.5, 0.6) is 0 Å². The fourth-order valence-electron chi connectivity index (χ4n) is 2.32. The number of hydrogen-bond acceptors (Lipinski definition) is 4. The number of carbonyl (C=O) groups is 1. The second kappa shape index (κ2) is 6.08. The van der Waals surface area contributed by atoms with Crippen LogP contribution in [0, 0.1) is 5.82 Å². The van der Waals surface area contributed by atoms with Gasteiger partial charge in [0.05, 0.1) is 16.9 Å². The maximum atomic E-state index is 13.0. The van der Waals surface area contributed by atoms with Crippen LogP contribution in [0.1, 0.15) is 19.5 Å². The number of nitrogens with zero attached hydrogens (tertiary/aromatic N) is 3. The second-order valence-corrected chi connectivity index (χ2v) is 5.10. The van der Waals surface area contributed by atoms with Gasteiger partial charge in [-0.3, -0.25) is 10.1 Å². The summed E-state index contributed by atoms with van der Waals surface area (Å²) in [5, 5.41) is 2.59. The minimum Gasteiger partial charge on any atom is -0.295 e. The van der Waals surface area contributed by atoms with E-state index in [0.717, 1.165) is 17.0 Å². The fourth-order valence-corrected chi connectivity index (χ4v) is 2.32. The molecule has 0 fully saturated rings. The number of pyridine rings is 1. The lowest BCUT2D eigenvalue weighted by molar-refractivity contribution is -0.114. The predicted molar refractivity (Wildman–Crippen MR) is 86.4 cm³/mol. The minimum absolute atomic E-state index is 0.220. The van der Waals surface area contributed by atoms with Crippen molar-refractivity contribution in [3.05, 3.63) is 47.9 Å². The molecule has 3 aromatic rings. The molecule has 0 saturated carbocycles. The largest absolute Gasteiger partial charge is 0.295 e. The highest BCUT2D eigenvalue weighted by atomic mass is 19.1. The van der Waals surface area contributed by atoms with Crippen molar-refractivity contribution in [2.75, 3.05) is 5.32 Å². The molecule has 116 valence electrons. The van der Waals surface area contributed by atoms with Crippen molar-refractivity contribution < 1.29 is 9.18 Å². The maximum Gasteiger partial charge on any atom is 0.230 e. The molecule has 0 saturated heterocycles. The molecule has 1 amide bonds. The number of nitrogens with one attached hydrogen (secondary N) is 1. The summed E-state index contributed by atoms with van der Waals surface area (Å²) in [5.74, 6) is -0.229. The van der Waals surface area contributed by atoms with Gasteiger partial charge in [0.15, 0.2) is 0 Å². The lowest BCUT2D eigenvalue weighted by atomic mass is 10.1. The number of rotatable bonds is 3. The third-order valence-corrected chi connectivity index (χ3v) is 3.38. The van der Waals surface area contributed by atoms with Crippen molar-refractivity contribution in [2.24, 2.45) is 0 Å². The van der Waals surface area contributed by atoms with Gasteiger partial charge < -0.3 is 0 Å². The number of benzene rings is 1. The monoisotopic (exact) mass is 310 g/mol. The first-order chi connectivity index (χ1) is 11.1. The molecule has 5 nitrogen and oxygen atoms in total. The number of carbonyl (C=O) groups excluding carboxylic acids is 1. The van der Waals surface area contributed by atoms with E-state index in [9.17, 15) is 9.18 Å². The molecule has 0 atom stereocenters. The van der Waals surface area contributed by atoms with Crippen molar-refractivity contribution >= 4 is 22.9 Å². The first-order valence-corrected chi connectivity index (χ1v) is 7.28. The number of aromatic nitrogens is 3. The molecule has 0 bridgehead atoms. The summed E-state index contributed by atoms with van der Waals surface area (Å²) in [5.41, 5.74) is 3.64. The number of hydrogen-bond donors (Lipinski definition) is 1. The van der Waals surface area contributed by atoms with E-state index in [2.05, 4.69) is 20.3 Å². The van der Waals surface area contributed by atoms with Gasteiger partial charge in [0.25, 0.3) is 0 Å². The highest BCUT2D eigenvalue weighted by Crippen LogP contribution is 2.23. The molecule has 0 aliphatic rings. The van der Waals surface area contributed by atoms with Crippen LogP contribution in [0.25, 0.3) is 22.3 Å². The minimum atomic E-state index is -0.285. The van der Waals surface area contributed by atoms with E-state index in [-0.39, 0.29) is 17.7 Å². The average molecular weight is 310 g/mol. The zero-order valence-electron chi connectivity index (χ0n) is 12.8. The van der Waals surface area contributed by atoms with Crippen LogP contribution in [0.15, 0.2) is 36.4 Å². The van der Waals surface area contributed by atoms with Crippen LogP contribution in [0.2, 0.25) is 0 Å². The van der Waals surface area contributed by atoms with Gasteiger partial charge in [0.2, 0.25) is 11.9 Å². The number of halogens is 1. The van der Waals surface area contributed by atoms with Crippen LogP contribution in [0.4, 0.5) is 10.3 Å². The standard InChI is InChI=1S/C17H15FN4O/c1-3-13-16-15(22-17(21-13)19-10(2)23)9-8-14(20-16)11-4-6-12(18)7-5-11/h4-9H,3H2,1-2H3,(H,19,21,22,23). The Labute approximate surface area is 132 Å². The van der Waals surface area contributed by atoms with Crippen LogP contribution in [-0.2, 0) is 11.2 Å². The molecule has 1 N–H and O–H groups in total. The van der Waals surface area contributed by atoms with E-state index in [1.54, 1.807) is 12.1 Å². The first-order valence-electron chi connectivity index (χ1n) is 7.28. The van der Waals surface area contributed by atoms with Gasteiger partial charge in [0.1, 0.15) is 11.3 Å². The molecular weight excluding hydrogens is 295 g/mol. The molecule has 2 heterocycles. The van der Waals surface area contributed by atoms with E-state index >= 15 is 0 Å². The summed E-state index contributed by atoms with van der Waals surface area (Å²) in [7, 11) is 0. The Balaban J connectivity index is 2.11. The van der Waals surface area contributed by atoms with Crippen molar-refractivity contribution in [3.63, 3.8) is 0 Å². The number of fused-ring (bicyclic) bond motifs is 1. The summed E-state index contributed by atoms with van der Waals surface area (Å²) in [6, 6.07) is 9.81. The lowest BCUT2D eigenvalue weighted by Crippen LogP contribution is -2.11. The summed E-state index contributed by atoms with van der Waals surface area (Å²) in [6.07, 6.45) is 0.658. The molecule has 6 heteroatoms. The smallest absolute Gasteiger partial charge is 0.230 e. The van der Waals surface area contributed by atoms with Gasteiger partial charge in [-0.25, -0.2) is 19.3 Å². The van der Waals surface area contributed by atoms with Gasteiger partial charge in [0, 0.05) is 12.5 Å². The maximum absolute atomic E-state index is 13.0. The molecular formula is C17H15FN4O. The zero-order valence-corrected chi connectivity index (χ0v) is 12.8. The van der Waals surface area contributed by atoms with Crippen molar-refractivity contribution in [1.82, 2.24) is 15.0 Å². The van der Waals surface area contributed by atoms with Gasteiger partial charge in [-0.05, 0) is 42.8 Å². The molecule has 3 rings (SSSR count). The van der Waals surface area contributed by atoms with Crippen molar-refractivity contribution in [2.45, 2.75) is 20.3 Å². The van der Waals surface area contributed by atoms with Gasteiger partial charge in [-0.2, -0.15) is 0 Å². The molecule has 0 aliphatic carbocycles. The summed E-state index contributed by atoms with van der Waals surface area (Å²) < 4.78 is 13.0. The summed E-state index contributed by atoms with van der Waals surface area (Å²) in [4.78, 5) is 24.4. The van der Waals surface area contributed by atoms with E-state index in [0.29, 0.717) is 17.5 Å². The number of amides is 1.